The molecule has 0 bridgehead atoms. The highest BCUT2D eigenvalue weighted by Gasteiger charge is 2.25. The number of hydrogen-bond acceptors (Lipinski definition) is 8. The predicted molar refractivity (Wildman–Crippen MR) is 96.3 cm³/mol. The topological polar surface area (TPSA) is 90.2 Å². The number of nitrogens with zero attached hydrogens (tertiary/aromatic N) is 4. The Hall–Kier alpha value is -2.81. The summed E-state index contributed by atoms with van der Waals surface area (Å²) in [6, 6.07) is 3.36. The molecule has 3 rings (SSSR count). The summed E-state index contributed by atoms with van der Waals surface area (Å²) in [5, 5.41) is 7.86. The quantitative estimate of drug-likeness (QED) is 0.747. The lowest BCUT2D eigenvalue weighted by molar-refractivity contribution is 0.0617. The van der Waals surface area contributed by atoms with E-state index >= 15 is 0 Å². The summed E-state index contributed by atoms with van der Waals surface area (Å²) in [7, 11) is 4.60. The second-order valence-corrected chi connectivity index (χ2v) is 6.20. The van der Waals surface area contributed by atoms with Crippen molar-refractivity contribution in [2.24, 2.45) is 0 Å². The van der Waals surface area contributed by atoms with Gasteiger partial charge >= 0.3 is 0 Å². The highest BCUT2D eigenvalue weighted by molar-refractivity contribution is 5.95. The van der Waals surface area contributed by atoms with Crippen LogP contribution >= 0.6 is 0 Å². The molecule has 1 aromatic carbocycles. The van der Waals surface area contributed by atoms with Crippen molar-refractivity contribution >= 4 is 5.91 Å². The average Bonchev–Trinajstić information content (AvgIpc) is 3.11. The molecule has 9 nitrogen and oxygen atoms in total. The number of rotatable bonds is 6. The normalized spacial score (nSPS) is 14.9. The number of piperazine rings is 1. The van der Waals surface area contributed by atoms with Crippen molar-refractivity contribution in [2.45, 2.75) is 13.5 Å². The third kappa shape index (κ3) is 4.13. The van der Waals surface area contributed by atoms with Crippen molar-refractivity contribution in [3.63, 3.8) is 0 Å². The maximum atomic E-state index is 12.9. The smallest absolute Gasteiger partial charge is 0.254 e. The van der Waals surface area contributed by atoms with Crippen LogP contribution in [0.4, 0.5) is 0 Å². The predicted octanol–water partition coefficient (Wildman–Crippen LogP) is 1.36. The van der Waals surface area contributed by atoms with E-state index in [-0.39, 0.29) is 5.91 Å². The van der Waals surface area contributed by atoms with Gasteiger partial charge in [-0.25, -0.2) is 0 Å². The maximum Gasteiger partial charge on any atom is 0.254 e. The first-order valence-corrected chi connectivity index (χ1v) is 8.66. The molecule has 27 heavy (non-hydrogen) atoms. The van der Waals surface area contributed by atoms with Crippen molar-refractivity contribution in [1.82, 2.24) is 20.0 Å². The lowest BCUT2D eigenvalue weighted by Crippen LogP contribution is -2.48. The Balaban J connectivity index is 1.67. The number of hydrogen-bond donors (Lipinski definition) is 0. The molecule has 2 aromatic rings. The molecule has 0 radical (unpaired) electrons. The third-order valence-electron chi connectivity index (χ3n) is 4.50. The molecule has 0 N–H and O–H groups in total. The molecule has 1 amide bonds. The highest BCUT2D eigenvalue weighted by Crippen LogP contribution is 2.38. The molecule has 0 spiro atoms. The standard InChI is InChI=1S/C18H24N4O5/c1-12-19-20-16(27-12)11-21-5-7-22(8-6-21)18(23)13-9-14(24-2)17(26-4)15(10-13)25-3/h9-10H,5-8,11H2,1-4H3. The fourth-order valence-electron chi connectivity index (χ4n) is 3.09. The molecule has 2 heterocycles. The van der Waals surface area contributed by atoms with Gasteiger partial charge in [-0.1, -0.05) is 0 Å². The Morgan fingerprint density at radius 1 is 1.04 bits per heavy atom. The summed E-state index contributed by atoms with van der Waals surface area (Å²) in [5.74, 6) is 2.48. The number of benzene rings is 1. The van der Waals surface area contributed by atoms with Gasteiger partial charge in [-0.05, 0) is 12.1 Å². The Kier molecular flexibility index (Phi) is 5.80. The lowest BCUT2D eigenvalue weighted by Gasteiger charge is -2.34. The zero-order valence-electron chi connectivity index (χ0n) is 16.0. The Morgan fingerprint density at radius 3 is 2.15 bits per heavy atom. The zero-order valence-corrected chi connectivity index (χ0v) is 16.0. The number of methoxy groups -OCH3 is 3. The molecule has 1 saturated heterocycles. The maximum absolute atomic E-state index is 12.9. The van der Waals surface area contributed by atoms with Gasteiger partial charge in [0, 0.05) is 38.7 Å². The van der Waals surface area contributed by atoms with Crippen molar-refractivity contribution in [3.8, 4) is 17.2 Å². The molecule has 0 unspecified atom stereocenters. The molecule has 1 aromatic heterocycles. The molecule has 9 heteroatoms. The van der Waals surface area contributed by atoms with Crippen molar-refractivity contribution in [1.29, 1.82) is 0 Å². The van der Waals surface area contributed by atoms with Crippen LogP contribution in [-0.2, 0) is 6.54 Å². The minimum absolute atomic E-state index is 0.0671. The molecule has 1 aliphatic heterocycles. The molecule has 1 fully saturated rings. The van der Waals surface area contributed by atoms with Crippen LogP contribution in [-0.4, -0.2) is 73.4 Å². The fourth-order valence-corrected chi connectivity index (χ4v) is 3.09. The Bertz CT molecular complexity index is 774. The van der Waals surface area contributed by atoms with E-state index in [1.54, 1.807) is 19.1 Å². The van der Waals surface area contributed by atoms with Crippen molar-refractivity contribution in [2.75, 3.05) is 47.5 Å². The molecular weight excluding hydrogens is 352 g/mol. The largest absolute Gasteiger partial charge is 0.493 e. The molecule has 146 valence electrons. The molecule has 0 aliphatic carbocycles. The number of carbonyl (C=O) groups is 1. The molecule has 1 aliphatic rings. The van der Waals surface area contributed by atoms with Gasteiger partial charge < -0.3 is 23.5 Å². The Labute approximate surface area is 157 Å². The Morgan fingerprint density at radius 2 is 1.67 bits per heavy atom. The van der Waals surface area contributed by atoms with Crippen LogP contribution < -0.4 is 14.2 Å². The van der Waals surface area contributed by atoms with E-state index in [1.807, 2.05) is 4.90 Å². The number of aromatic nitrogens is 2. The van der Waals surface area contributed by atoms with E-state index in [2.05, 4.69) is 15.1 Å². The first-order chi connectivity index (χ1) is 13.0. The number of carbonyl (C=O) groups excluding carboxylic acids is 1. The van der Waals surface area contributed by atoms with E-state index in [0.29, 0.717) is 54.2 Å². The van der Waals surface area contributed by atoms with E-state index < -0.39 is 0 Å². The van der Waals surface area contributed by atoms with Gasteiger partial charge in [0.1, 0.15) is 0 Å². The van der Waals surface area contributed by atoms with Gasteiger partial charge in [0.05, 0.1) is 27.9 Å². The molecular formula is C18H24N4O5. The second-order valence-electron chi connectivity index (χ2n) is 6.20. The van der Waals surface area contributed by atoms with Crippen LogP contribution in [0, 0.1) is 6.92 Å². The van der Waals surface area contributed by atoms with E-state index in [9.17, 15) is 4.79 Å². The molecule has 0 atom stereocenters. The lowest BCUT2D eigenvalue weighted by atomic mass is 10.1. The van der Waals surface area contributed by atoms with Gasteiger partial charge in [0.25, 0.3) is 5.91 Å². The summed E-state index contributed by atoms with van der Waals surface area (Å²) in [4.78, 5) is 16.9. The minimum Gasteiger partial charge on any atom is -0.493 e. The zero-order chi connectivity index (χ0) is 19.4. The van der Waals surface area contributed by atoms with Crippen molar-refractivity contribution in [3.05, 3.63) is 29.5 Å². The van der Waals surface area contributed by atoms with Crippen LogP contribution in [0.2, 0.25) is 0 Å². The number of amides is 1. The summed E-state index contributed by atoms with van der Waals surface area (Å²) >= 11 is 0. The first-order valence-electron chi connectivity index (χ1n) is 8.66. The van der Waals surface area contributed by atoms with E-state index in [0.717, 1.165) is 13.1 Å². The van der Waals surface area contributed by atoms with Gasteiger partial charge in [-0.2, -0.15) is 0 Å². The number of ether oxygens (including phenoxy) is 3. The SMILES string of the molecule is COc1cc(C(=O)N2CCN(Cc3nnc(C)o3)CC2)cc(OC)c1OC. The fraction of sp³-hybridized carbons (Fsp3) is 0.500. The summed E-state index contributed by atoms with van der Waals surface area (Å²) < 4.78 is 21.4. The van der Waals surface area contributed by atoms with Gasteiger partial charge in [0.15, 0.2) is 11.5 Å². The van der Waals surface area contributed by atoms with E-state index in [4.69, 9.17) is 18.6 Å². The van der Waals surface area contributed by atoms with Crippen LogP contribution in [0.3, 0.4) is 0 Å². The van der Waals surface area contributed by atoms with Gasteiger partial charge in [-0.3, -0.25) is 9.69 Å². The average molecular weight is 376 g/mol. The summed E-state index contributed by atoms with van der Waals surface area (Å²) in [5.41, 5.74) is 0.505. The second kappa shape index (κ2) is 8.26. The minimum atomic E-state index is -0.0671. The van der Waals surface area contributed by atoms with Crippen LogP contribution in [0.15, 0.2) is 16.5 Å². The van der Waals surface area contributed by atoms with Gasteiger partial charge in [-0.15, -0.1) is 10.2 Å². The molecule has 0 saturated carbocycles. The van der Waals surface area contributed by atoms with E-state index in [1.165, 1.54) is 21.3 Å². The monoisotopic (exact) mass is 376 g/mol. The number of aryl methyl sites for hydroxylation is 1. The van der Waals surface area contributed by atoms with Crippen LogP contribution in [0.1, 0.15) is 22.1 Å². The summed E-state index contributed by atoms with van der Waals surface area (Å²) in [6.07, 6.45) is 0. The third-order valence-corrected chi connectivity index (χ3v) is 4.50. The van der Waals surface area contributed by atoms with Gasteiger partial charge in [0.2, 0.25) is 17.5 Å². The van der Waals surface area contributed by atoms with Crippen LogP contribution in [0.5, 0.6) is 17.2 Å². The first kappa shape index (κ1) is 19.0. The highest BCUT2D eigenvalue weighted by atomic mass is 16.5. The summed E-state index contributed by atoms with van der Waals surface area (Å²) in [6.45, 7) is 5.05. The van der Waals surface area contributed by atoms with Crippen LogP contribution in [0.25, 0.3) is 0 Å². The van der Waals surface area contributed by atoms with Crippen molar-refractivity contribution < 1.29 is 23.4 Å².